The van der Waals surface area contributed by atoms with Crippen LogP contribution in [0.5, 0.6) is 0 Å². The van der Waals surface area contributed by atoms with Gasteiger partial charge in [-0.15, -0.1) is 0 Å². The quantitative estimate of drug-likeness (QED) is 0.772. The maximum atomic E-state index is 2.22. The van der Waals surface area contributed by atoms with Crippen LogP contribution in [0, 0.1) is 13.8 Å². The summed E-state index contributed by atoms with van der Waals surface area (Å²) in [4.78, 5) is 0. The smallest absolute Gasteiger partial charge is 0 e. The third kappa shape index (κ3) is 5.09. The molecule has 4 heteroatoms. The topological polar surface area (TPSA) is 36.5 Å². The van der Waals surface area contributed by atoms with Crippen LogP contribution >= 0.6 is 8.58 Å². The molecule has 1 radical (unpaired) electrons. The normalized spacial score (nSPS) is 8.56. The number of hydrogen-bond donors (Lipinski definition) is 1. The first kappa shape index (κ1) is 20.0. The second kappa shape index (κ2) is 9.54. The predicted octanol–water partition coefficient (Wildman–Crippen LogP) is 0.310. The molecule has 4 N–H and O–H groups in total. The molecule has 0 aliphatic heterocycles. The third-order valence-corrected chi connectivity index (χ3v) is 4.22. The van der Waals surface area contributed by atoms with Gasteiger partial charge in [0.25, 0.3) is 0 Å². The van der Waals surface area contributed by atoms with Gasteiger partial charge in [0.2, 0.25) is 0 Å². The van der Waals surface area contributed by atoms with Crippen molar-refractivity contribution < 1.29 is 29.2 Å². The number of aryl methyl sites for hydroxylation is 2. The molecular weight excluding hydrogens is 308 g/mol. The Morgan fingerprint density at radius 3 is 1.39 bits per heavy atom. The SMILES string of the molecule is Cc1ccccc1Pc1ccccc1C.[Cl-].[Co].[NH4+]. The van der Waals surface area contributed by atoms with E-state index in [4.69, 9.17) is 0 Å². The molecule has 0 heterocycles. The Kier molecular flexibility index (Phi) is 10.6. The molecule has 0 aromatic heterocycles. The molecule has 0 saturated heterocycles. The monoisotopic (exact) mass is 326 g/mol. The number of halogens is 1. The van der Waals surface area contributed by atoms with Crippen molar-refractivity contribution in [3.8, 4) is 0 Å². The first-order valence-electron chi connectivity index (χ1n) is 5.15. The van der Waals surface area contributed by atoms with Crippen LogP contribution in [0.1, 0.15) is 11.1 Å². The van der Waals surface area contributed by atoms with Crippen LogP contribution in [0.2, 0.25) is 0 Å². The van der Waals surface area contributed by atoms with Gasteiger partial charge >= 0.3 is 0 Å². The van der Waals surface area contributed by atoms with E-state index in [0.717, 1.165) is 8.58 Å². The molecule has 0 saturated carbocycles. The van der Waals surface area contributed by atoms with Gasteiger partial charge in [-0.3, -0.25) is 0 Å². The standard InChI is InChI=1S/C14H15P.ClH.Co.H3N/c1-11-7-3-5-9-13(11)15-14-10-6-4-8-12(14)2;;;/h3-10,15H,1-2H3;1H;;1H3. The molecule has 0 unspecified atom stereocenters. The molecule has 2 aromatic carbocycles. The summed E-state index contributed by atoms with van der Waals surface area (Å²) in [5.74, 6) is 0. The summed E-state index contributed by atoms with van der Waals surface area (Å²) in [5, 5.41) is 2.90. The van der Waals surface area contributed by atoms with Crippen LogP contribution in [0.4, 0.5) is 0 Å². The Morgan fingerprint density at radius 1 is 0.722 bits per heavy atom. The van der Waals surface area contributed by atoms with Gasteiger partial charge in [-0.1, -0.05) is 57.1 Å². The van der Waals surface area contributed by atoms with E-state index in [-0.39, 0.29) is 35.3 Å². The molecule has 0 aliphatic rings. The molecule has 0 fully saturated rings. The Hall–Kier alpha value is -0.374. The molecule has 2 rings (SSSR count). The summed E-state index contributed by atoms with van der Waals surface area (Å²) in [6.07, 6.45) is 0. The fourth-order valence-electron chi connectivity index (χ4n) is 1.57. The first-order chi connectivity index (χ1) is 7.27. The van der Waals surface area contributed by atoms with Crippen molar-refractivity contribution in [2.45, 2.75) is 13.8 Å². The van der Waals surface area contributed by atoms with Crippen molar-refractivity contribution >= 4 is 19.2 Å². The van der Waals surface area contributed by atoms with Crippen molar-refractivity contribution in [3.63, 3.8) is 0 Å². The van der Waals surface area contributed by atoms with Gasteiger partial charge in [-0.05, 0) is 35.6 Å². The molecule has 0 spiro atoms. The molecule has 18 heavy (non-hydrogen) atoms. The van der Waals surface area contributed by atoms with Crippen molar-refractivity contribution in [1.82, 2.24) is 6.15 Å². The summed E-state index contributed by atoms with van der Waals surface area (Å²) < 4.78 is 0. The van der Waals surface area contributed by atoms with E-state index in [1.165, 1.54) is 21.7 Å². The Bertz CT molecular complexity index is 433. The molecule has 1 nitrogen and oxygen atoms in total. The maximum absolute atomic E-state index is 2.22. The van der Waals surface area contributed by atoms with Gasteiger partial charge in [0.15, 0.2) is 0 Å². The van der Waals surface area contributed by atoms with Gasteiger partial charge in [0.1, 0.15) is 0 Å². The van der Waals surface area contributed by atoms with Gasteiger partial charge in [0.05, 0.1) is 0 Å². The molecule has 0 bridgehead atoms. The summed E-state index contributed by atoms with van der Waals surface area (Å²) in [7, 11) is 0.774. The molecule has 101 valence electrons. The second-order valence-electron chi connectivity index (χ2n) is 3.75. The molecule has 0 amide bonds. The van der Waals surface area contributed by atoms with Crippen LogP contribution in [-0.2, 0) is 16.8 Å². The zero-order valence-corrected chi connectivity index (χ0v) is 13.6. The number of rotatable bonds is 2. The predicted molar refractivity (Wildman–Crippen MR) is 75.9 cm³/mol. The van der Waals surface area contributed by atoms with Crippen molar-refractivity contribution in [2.75, 3.05) is 0 Å². The van der Waals surface area contributed by atoms with E-state index in [0.29, 0.717) is 0 Å². The van der Waals surface area contributed by atoms with Crippen LogP contribution in [-0.4, -0.2) is 0 Å². The van der Waals surface area contributed by atoms with Crippen molar-refractivity contribution in [3.05, 3.63) is 59.7 Å². The average molecular weight is 327 g/mol. The zero-order chi connectivity index (χ0) is 10.7. The molecule has 0 aliphatic carbocycles. The van der Waals surface area contributed by atoms with E-state index >= 15 is 0 Å². The first-order valence-corrected chi connectivity index (χ1v) is 6.15. The van der Waals surface area contributed by atoms with Crippen molar-refractivity contribution in [1.29, 1.82) is 0 Å². The number of hydrogen-bond acceptors (Lipinski definition) is 0. The van der Waals surface area contributed by atoms with Gasteiger partial charge in [-0.25, -0.2) is 0 Å². The number of benzene rings is 2. The van der Waals surface area contributed by atoms with Crippen LogP contribution in [0.15, 0.2) is 48.5 Å². The van der Waals surface area contributed by atoms with Gasteiger partial charge in [0, 0.05) is 16.8 Å². The third-order valence-electron chi connectivity index (χ3n) is 2.56. The minimum absolute atomic E-state index is 0. The molecular formula is C14H19ClCoNP. The molecule has 0 atom stereocenters. The largest absolute Gasteiger partial charge is 1.00 e. The van der Waals surface area contributed by atoms with Crippen LogP contribution < -0.4 is 29.2 Å². The van der Waals surface area contributed by atoms with E-state index < -0.39 is 0 Å². The Labute approximate surface area is 128 Å². The summed E-state index contributed by atoms with van der Waals surface area (Å²) in [5.41, 5.74) is 2.78. The minimum atomic E-state index is 0. The Morgan fingerprint density at radius 2 is 1.06 bits per heavy atom. The molecule has 2 aromatic rings. The summed E-state index contributed by atoms with van der Waals surface area (Å²) >= 11 is 0. The summed E-state index contributed by atoms with van der Waals surface area (Å²) in [6, 6.07) is 17.2. The zero-order valence-electron chi connectivity index (χ0n) is 10.8. The van der Waals surface area contributed by atoms with E-state index in [9.17, 15) is 0 Å². The summed E-state index contributed by atoms with van der Waals surface area (Å²) in [6.45, 7) is 4.36. The Balaban J connectivity index is 0. The number of quaternary nitrogens is 1. The fraction of sp³-hybridized carbons (Fsp3) is 0.143. The van der Waals surface area contributed by atoms with E-state index in [1.54, 1.807) is 0 Å². The van der Waals surface area contributed by atoms with Crippen LogP contribution in [0.25, 0.3) is 0 Å². The van der Waals surface area contributed by atoms with Crippen LogP contribution in [0.3, 0.4) is 0 Å². The van der Waals surface area contributed by atoms with E-state index in [1.807, 2.05) is 0 Å². The van der Waals surface area contributed by atoms with E-state index in [2.05, 4.69) is 62.4 Å². The minimum Gasteiger partial charge on any atom is -1.00 e. The average Bonchev–Trinajstić information content (AvgIpc) is 2.24. The second-order valence-corrected chi connectivity index (χ2v) is 5.08. The maximum Gasteiger partial charge on any atom is 0 e. The van der Waals surface area contributed by atoms with Gasteiger partial charge < -0.3 is 18.6 Å². The fourth-order valence-corrected chi connectivity index (χ4v) is 2.78. The van der Waals surface area contributed by atoms with Crippen molar-refractivity contribution in [2.24, 2.45) is 0 Å². The van der Waals surface area contributed by atoms with Gasteiger partial charge in [-0.2, -0.15) is 0 Å².